The maximum atomic E-state index is 12.7. The highest BCUT2D eigenvalue weighted by molar-refractivity contribution is 8.27. The van der Waals surface area contributed by atoms with Gasteiger partial charge in [-0.3, -0.25) is 9.69 Å². The lowest BCUT2D eigenvalue weighted by Crippen LogP contribution is -2.27. The third kappa shape index (κ3) is 3.08. The lowest BCUT2D eigenvalue weighted by Gasteiger charge is -2.15. The molecule has 1 aliphatic rings. The van der Waals surface area contributed by atoms with Crippen LogP contribution in [0.2, 0.25) is 0 Å². The van der Waals surface area contributed by atoms with Crippen molar-refractivity contribution < 1.29 is 19.7 Å². The van der Waals surface area contributed by atoms with Crippen LogP contribution in [0.4, 0.5) is 5.69 Å². The van der Waals surface area contributed by atoms with Gasteiger partial charge in [0.15, 0.2) is 15.8 Å². The number of aromatic hydroxyl groups is 2. The number of hydrogen-bond donors (Lipinski definition) is 2. The maximum absolute atomic E-state index is 12.7. The summed E-state index contributed by atoms with van der Waals surface area (Å²) in [4.78, 5) is 14.5. The van der Waals surface area contributed by atoms with Crippen molar-refractivity contribution in [1.29, 1.82) is 0 Å². The minimum atomic E-state index is -0.245. The Labute approximate surface area is 148 Å². The van der Waals surface area contributed by atoms with Gasteiger partial charge in [-0.25, -0.2) is 0 Å². The van der Waals surface area contributed by atoms with Crippen molar-refractivity contribution in [3.63, 3.8) is 0 Å². The van der Waals surface area contributed by atoms with E-state index in [-0.39, 0.29) is 17.4 Å². The van der Waals surface area contributed by atoms with Crippen LogP contribution in [-0.2, 0) is 4.79 Å². The number of thiocarbonyl (C=S) groups is 1. The van der Waals surface area contributed by atoms with E-state index < -0.39 is 0 Å². The summed E-state index contributed by atoms with van der Waals surface area (Å²) >= 11 is 6.49. The zero-order valence-electron chi connectivity index (χ0n) is 12.6. The number of rotatable bonds is 3. The molecular weight excluding hydrogens is 346 g/mol. The number of phenols is 2. The molecule has 5 nitrogen and oxygen atoms in total. The number of benzene rings is 2. The van der Waals surface area contributed by atoms with E-state index in [4.69, 9.17) is 17.0 Å². The van der Waals surface area contributed by atoms with Crippen molar-refractivity contribution in [3.05, 3.63) is 52.9 Å². The molecule has 1 amide bonds. The van der Waals surface area contributed by atoms with Crippen LogP contribution in [-0.4, -0.2) is 27.6 Å². The van der Waals surface area contributed by atoms with Gasteiger partial charge in [-0.1, -0.05) is 36.1 Å². The Morgan fingerprint density at radius 2 is 1.96 bits per heavy atom. The zero-order valence-corrected chi connectivity index (χ0v) is 14.2. The summed E-state index contributed by atoms with van der Waals surface area (Å²) in [7, 11) is 1.56. The van der Waals surface area contributed by atoms with Gasteiger partial charge in [0.05, 0.1) is 17.7 Å². The lowest BCUT2D eigenvalue weighted by atomic mass is 10.2. The monoisotopic (exact) mass is 359 g/mol. The van der Waals surface area contributed by atoms with Crippen LogP contribution in [0.15, 0.2) is 47.4 Å². The Hall–Kier alpha value is -2.51. The van der Waals surface area contributed by atoms with Gasteiger partial charge in [-0.2, -0.15) is 0 Å². The van der Waals surface area contributed by atoms with Gasteiger partial charge in [0.2, 0.25) is 0 Å². The molecule has 2 aromatic carbocycles. The normalized spacial score (nSPS) is 16.0. The molecule has 2 N–H and O–H groups in total. The van der Waals surface area contributed by atoms with E-state index in [1.807, 2.05) is 0 Å². The summed E-state index contributed by atoms with van der Waals surface area (Å²) in [6.07, 6.45) is 1.62. The highest BCUT2D eigenvalue weighted by Gasteiger charge is 2.33. The fourth-order valence-electron chi connectivity index (χ4n) is 2.22. The van der Waals surface area contributed by atoms with Crippen molar-refractivity contribution in [3.8, 4) is 17.2 Å². The van der Waals surface area contributed by atoms with E-state index in [2.05, 4.69) is 0 Å². The molecule has 1 heterocycles. The molecule has 0 spiro atoms. The summed E-state index contributed by atoms with van der Waals surface area (Å²) in [6, 6.07) is 11.4. The second kappa shape index (κ2) is 6.54. The Morgan fingerprint density at radius 1 is 1.17 bits per heavy atom. The molecule has 1 fully saturated rings. The molecule has 0 saturated carbocycles. The molecule has 2 aromatic rings. The van der Waals surface area contributed by atoms with E-state index in [0.717, 1.165) is 0 Å². The molecule has 0 bridgehead atoms. The Kier molecular flexibility index (Phi) is 4.46. The van der Waals surface area contributed by atoms with Crippen LogP contribution >= 0.6 is 24.0 Å². The summed E-state index contributed by atoms with van der Waals surface area (Å²) in [6.45, 7) is 0. The van der Waals surface area contributed by atoms with Gasteiger partial charge in [0.25, 0.3) is 5.91 Å². The molecule has 1 aliphatic heterocycles. The molecule has 0 atom stereocenters. The van der Waals surface area contributed by atoms with Gasteiger partial charge in [0.1, 0.15) is 5.75 Å². The van der Waals surface area contributed by atoms with Crippen molar-refractivity contribution in [2.24, 2.45) is 0 Å². The lowest BCUT2D eigenvalue weighted by molar-refractivity contribution is -0.113. The van der Waals surface area contributed by atoms with Gasteiger partial charge in [0, 0.05) is 6.07 Å². The number of carbonyl (C=O) groups excluding carboxylic acids is 1. The number of anilines is 1. The first kappa shape index (κ1) is 16.4. The van der Waals surface area contributed by atoms with Crippen molar-refractivity contribution in [2.75, 3.05) is 12.0 Å². The van der Waals surface area contributed by atoms with Crippen molar-refractivity contribution >= 4 is 46.0 Å². The first-order chi connectivity index (χ1) is 11.5. The van der Waals surface area contributed by atoms with Crippen LogP contribution in [0.3, 0.4) is 0 Å². The Morgan fingerprint density at radius 3 is 2.67 bits per heavy atom. The average molecular weight is 359 g/mol. The van der Waals surface area contributed by atoms with E-state index in [1.54, 1.807) is 43.5 Å². The molecule has 1 saturated heterocycles. The van der Waals surface area contributed by atoms with Crippen LogP contribution < -0.4 is 9.64 Å². The number of thioether (sulfide) groups is 1. The number of carbonyl (C=O) groups is 1. The minimum Gasteiger partial charge on any atom is -0.504 e. The quantitative estimate of drug-likeness (QED) is 0.496. The minimum absolute atomic E-state index is 0.212. The third-order valence-corrected chi connectivity index (χ3v) is 4.70. The predicted octanol–water partition coefficient (Wildman–Crippen LogP) is 3.51. The van der Waals surface area contributed by atoms with Crippen LogP contribution in [0.25, 0.3) is 6.08 Å². The predicted molar refractivity (Wildman–Crippen MR) is 98.4 cm³/mol. The molecule has 24 heavy (non-hydrogen) atoms. The fraction of sp³-hybridized carbons (Fsp3) is 0.0588. The van der Waals surface area contributed by atoms with E-state index in [1.165, 1.54) is 28.8 Å². The topological polar surface area (TPSA) is 70.0 Å². The molecule has 3 rings (SSSR count). The highest BCUT2D eigenvalue weighted by Crippen LogP contribution is 2.37. The largest absolute Gasteiger partial charge is 0.504 e. The van der Waals surface area contributed by atoms with Crippen LogP contribution in [0.5, 0.6) is 17.2 Å². The van der Waals surface area contributed by atoms with Gasteiger partial charge in [-0.05, 0) is 35.9 Å². The number of ether oxygens (including phenoxy) is 1. The Bertz CT molecular complexity index is 863. The summed E-state index contributed by atoms with van der Waals surface area (Å²) in [5.41, 5.74) is 1.23. The second-order valence-electron chi connectivity index (χ2n) is 4.97. The zero-order chi connectivity index (χ0) is 17.3. The van der Waals surface area contributed by atoms with Crippen molar-refractivity contribution in [1.82, 2.24) is 0 Å². The number of methoxy groups -OCH3 is 1. The average Bonchev–Trinajstić information content (AvgIpc) is 2.85. The number of nitrogens with zero attached hydrogens (tertiary/aromatic N) is 1. The molecule has 0 aromatic heterocycles. The molecular formula is C17H13NO4S2. The van der Waals surface area contributed by atoms with Crippen molar-refractivity contribution in [2.45, 2.75) is 0 Å². The van der Waals surface area contributed by atoms with E-state index in [0.29, 0.717) is 26.2 Å². The van der Waals surface area contributed by atoms with Gasteiger partial charge in [-0.15, -0.1) is 0 Å². The van der Waals surface area contributed by atoms with Gasteiger partial charge >= 0.3 is 0 Å². The standard InChI is InChI=1S/C17H13NO4S2/c1-22-12-4-2-3-11(9-12)18-16(21)15(24-17(18)23)8-10-5-6-13(19)14(20)7-10/h2-9,19-20H,1H3. The fourth-order valence-corrected chi connectivity index (χ4v) is 3.52. The number of amides is 1. The van der Waals surface area contributed by atoms with E-state index in [9.17, 15) is 15.0 Å². The molecule has 0 radical (unpaired) electrons. The highest BCUT2D eigenvalue weighted by atomic mass is 32.2. The molecule has 122 valence electrons. The first-order valence-electron chi connectivity index (χ1n) is 6.93. The summed E-state index contributed by atoms with van der Waals surface area (Å²) in [5, 5.41) is 18.9. The smallest absolute Gasteiger partial charge is 0.270 e. The number of phenolic OH excluding ortho intramolecular Hbond substituents is 2. The SMILES string of the molecule is COc1cccc(N2C(=O)C(=Cc3ccc(O)c(O)c3)SC2=S)c1. The van der Waals surface area contributed by atoms with Crippen LogP contribution in [0, 0.1) is 0 Å². The summed E-state index contributed by atoms with van der Waals surface area (Å²) in [5.74, 6) is -0.0668. The molecule has 0 aliphatic carbocycles. The molecule has 7 heteroatoms. The molecule has 0 unspecified atom stereocenters. The van der Waals surface area contributed by atoms with Gasteiger partial charge < -0.3 is 14.9 Å². The van der Waals surface area contributed by atoms with E-state index >= 15 is 0 Å². The Balaban J connectivity index is 1.93. The maximum Gasteiger partial charge on any atom is 0.270 e. The second-order valence-corrected chi connectivity index (χ2v) is 6.64. The van der Waals surface area contributed by atoms with Crippen LogP contribution in [0.1, 0.15) is 5.56 Å². The first-order valence-corrected chi connectivity index (χ1v) is 8.16. The third-order valence-electron chi connectivity index (χ3n) is 3.40. The summed E-state index contributed by atoms with van der Waals surface area (Å²) < 4.78 is 5.60. The number of hydrogen-bond acceptors (Lipinski definition) is 6.